The molecule has 0 amide bonds. The van der Waals surface area contributed by atoms with Gasteiger partial charge in [0.1, 0.15) is 0 Å². The maximum Gasteiger partial charge on any atom is 0.308 e. The van der Waals surface area contributed by atoms with Crippen LogP contribution in [0.4, 0.5) is 5.69 Å². The Kier molecular flexibility index (Phi) is 5.24. The zero-order valence-electron chi connectivity index (χ0n) is 12.8. The summed E-state index contributed by atoms with van der Waals surface area (Å²) >= 11 is 18.4. The van der Waals surface area contributed by atoms with Crippen LogP contribution in [0.3, 0.4) is 0 Å². The van der Waals surface area contributed by atoms with Crippen molar-refractivity contribution in [1.82, 2.24) is 0 Å². The molecule has 0 radical (unpaired) electrons. The number of carboxylic acids is 1. The number of hydrogen-bond donors (Lipinski definition) is 1. The second kappa shape index (κ2) is 7.22. The quantitative estimate of drug-likeness (QED) is 0.739. The number of rotatable bonds is 3. The van der Waals surface area contributed by atoms with Gasteiger partial charge in [-0.2, -0.15) is 0 Å². The minimum atomic E-state index is -0.769. The first-order valence-electron chi connectivity index (χ1n) is 7.65. The standard InChI is InChI=1S/C18H16Cl3NO2/c19-12-2-5-14(6-3-12)22-10-11(18(23)24)1-8-17(22)15-7-4-13(20)9-16(15)21/h2-7,9,11,17H,1,8,10H2,(H,23,24)/t11-,17-/m0/s1. The summed E-state index contributed by atoms with van der Waals surface area (Å²) in [4.78, 5) is 13.5. The molecule has 0 bridgehead atoms. The molecule has 1 saturated heterocycles. The van der Waals surface area contributed by atoms with E-state index in [4.69, 9.17) is 34.8 Å². The lowest BCUT2D eigenvalue weighted by atomic mass is 9.88. The van der Waals surface area contributed by atoms with E-state index < -0.39 is 11.9 Å². The molecule has 0 unspecified atom stereocenters. The number of halogens is 3. The van der Waals surface area contributed by atoms with E-state index in [2.05, 4.69) is 4.90 Å². The summed E-state index contributed by atoms with van der Waals surface area (Å²) in [5, 5.41) is 11.2. The van der Waals surface area contributed by atoms with Gasteiger partial charge in [0.15, 0.2) is 0 Å². The highest BCUT2D eigenvalue weighted by Gasteiger charge is 2.33. The third-order valence-electron chi connectivity index (χ3n) is 4.41. The van der Waals surface area contributed by atoms with E-state index in [1.54, 1.807) is 6.07 Å². The highest BCUT2D eigenvalue weighted by Crippen LogP contribution is 2.40. The second-order valence-electron chi connectivity index (χ2n) is 5.92. The number of benzene rings is 2. The fourth-order valence-corrected chi connectivity index (χ4v) is 3.85. The summed E-state index contributed by atoms with van der Waals surface area (Å²) in [6.45, 7) is 0.431. The molecule has 3 rings (SSSR count). The molecule has 2 aromatic rings. The normalized spacial score (nSPS) is 20.9. The average Bonchev–Trinajstić information content (AvgIpc) is 2.55. The summed E-state index contributed by atoms with van der Waals surface area (Å²) in [5.41, 5.74) is 1.89. The van der Waals surface area contributed by atoms with Crippen LogP contribution >= 0.6 is 34.8 Å². The van der Waals surface area contributed by atoms with Gasteiger partial charge in [-0.1, -0.05) is 40.9 Å². The fraction of sp³-hybridized carbons (Fsp3) is 0.278. The fourth-order valence-electron chi connectivity index (χ4n) is 3.19. The van der Waals surface area contributed by atoms with Crippen molar-refractivity contribution in [2.75, 3.05) is 11.4 Å². The van der Waals surface area contributed by atoms with Gasteiger partial charge < -0.3 is 10.0 Å². The first kappa shape index (κ1) is 17.4. The number of nitrogens with zero attached hydrogens (tertiary/aromatic N) is 1. The molecule has 1 aliphatic rings. The molecule has 1 N–H and O–H groups in total. The van der Waals surface area contributed by atoms with Crippen LogP contribution < -0.4 is 4.90 Å². The van der Waals surface area contributed by atoms with E-state index in [-0.39, 0.29) is 6.04 Å². The van der Waals surface area contributed by atoms with Gasteiger partial charge in [0.25, 0.3) is 0 Å². The maximum atomic E-state index is 11.4. The number of carbonyl (C=O) groups is 1. The molecule has 6 heteroatoms. The smallest absolute Gasteiger partial charge is 0.308 e. The molecule has 24 heavy (non-hydrogen) atoms. The van der Waals surface area contributed by atoms with Gasteiger partial charge in [-0.15, -0.1) is 0 Å². The van der Waals surface area contributed by atoms with Crippen molar-refractivity contribution in [1.29, 1.82) is 0 Å². The molecule has 0 spiro atoms. The zero-order chi connectivity index (χ0) is 17.3. The SMILES string of the molecule is O=C(O)[C@H]1CC[C@@H](c2ccc(Cl)cc2Cl)N(c2ccc(Cl)cc2)C1. The predicted octanol–water partition coefficient (Wildman–Crippen LogP) is 5.69. The van der Waals surface area contributed by atoms with Gasteiger partial charge in [-0.05, 0) is 54.8 Å². The van der Waals surface area contributed by atoms with Gasteiger partial charge in [0, 0.05) is 27.3 Å². The number of anilines is 1. The van der Waals surface area contributed by atoms with Gasteiger partial charge >= 0.3 is 5.97 Å². The van der Waals surface area contributed by atoms with E-state index >= 15 is 0 Å². The molecule has 0 saturated carbocycles. The Labute approximate surface area is 155 Å². The largest absolute Gasteiger partial charge is 0.481 e. The van der Waals surface area contributed by atoms with Crippen LogP contribution in [0.15, 0.2) is 42.5 Å². The van der Waals surface area contributed by atoms with Crippen LogP contribution in [-0.2, 0) is 4.79 Å². The lowest BCUT2D eigenvalue weighted by Gasteiger charge is -2.40. The first-order valence-corrected chi connectivity index (χ1v) is 8.79. The van der Waals surface area contributed by atoms with Crippen LogP contribution in [0.2, 0.25) is 15.1 Å². The molecular formula is C18H16Cl3NO2. The van der Waals surface area contributed by atoms with E-state index in [0.717, 1.165) is 11.3 Å². The molecule has 3 nitrogen and oxygen atoms in total. The molecule has 2 atom stereocenters. The molecule has 1 aliphatic heterocycles. The summed E-state index contributed by atoms with van der Waals surface area (Å²) in [6, 6.07) is 12.9. The third-order valence-corrected chi connectivity index (χ3v) is 5.23. The van der Waals surface area contributed by atoms with Crippen LogP contribution in [-0.4, -0.2) is 17.6 Å². The van der Waals surface area contributed by atoms with E-state index in [0.29, 0.717) is 34.5 Å². The van der Waals surface area contributed by atoms with Gasteiger partial charge in [-0.3, -0.25) is 4.79 Å². The monoisotopic (exact) mass is 383 g/mol. The molecule has 1 fully saturated rings. The van der Waals surface area contributed by atoms with Crippen molar-refractivity contribution >= 4 is 46.5 Å². The zero-order valence-corrected chi connectivity index (χ0v) is 15.0. The molecule has 1 heterocycles. The lowest BCUT2D eigenvalue weighted by Crippen LogP contribution is -2.41. The van der Waals surface area contributed by atoms with Gasteiger partial charge in [0.05, 0.1) is 12.0 Å². The summed E-state index contributed by atoms with van der Waals surface area (Å²) in [6.07, 6.45) is 1.32. The van der Waals surface area contributed by atoms with Crippen molar-refractivity contribution in [3.05, 3.63) is 63.1 Å². The first-order chi connectivity index (χ1) is 11.5. The van der Waals surface area contributed by atoms with E-state index in [1.165, 1.54) is 0 Å². The lowest BCUT2D eigenvalue weighted by molar-refractivity contribution is -0.142. The number of piperidine rings is 1. The molecule has 126 valence electrons. The van der Waals surface area contributed by atoms with Crippen LogP contribution in [0.5, 0.6) is 0 Å². The Bertz CT molecular complexity index is 748. The Hall–Kier alpha value is -1.42. The van der Waals surface area contributed by atoms with Gasteiger partial charge in [0.2, 0.25) is 0 Å². The predicted molar refractivity (Wildman–Crippen MR) is 98.4 cm³/mol. The van der Waals surface area contributed by atoms with E-state index in [9.17, 15) is 9.90 Å². The van der Waals surface area contributed by atoms with Crippen molar-refractivity contribution in [3.8, 4) is 0 Å². The average molecular weight is 385 g/mol. The number of aliphatic carboxylic acids is 1. The highest BCUT2D eigenvalue weighted by molar-refractivity contribution is 6.35. The second-order valence-corrected chi connectivity index (χ2v) is 7.20. The minimum Gasteiger partial charge on any atom is -0.481 e. The Morgan fingerprint density at radius 1 is 1.00 bits per heavy atom. The van der Waals surface area contributed by atoms with Crippen LogP contribution in [0.25, 0.3) is 0 Å². The third kappa shape index (κ3) is 3.64. The highest BCUT2D eigenvalue weighted by atomic mass is 35.5. The van der Waals surface area contributed by atoms with Crippen molar-refractivity contribution in [2.45, 2.75) is 18.9 Å². The molecule has 0 aromatic heterocycles. The Morgan fingerprint density at radius 3 is 2.29 bits per heavy atom. The molecular weight excluding hydrogens is 369 g/mol. The van der Waals surface area contributed by atoms with E-state index in [1.807, 2.05) is 36.4 Å². The van der Waals surface area contributed by atoms with Crippen molar-refractivity contribution in [3.63, 3.8) is 0 Å². The topological polar surface area (TPSA) is 40.5 Å². The summed E-state index contributed by atoms with van der Waals surface area (Å²) in [5.74, 6) is -1.17. The molecule has 2 aromatic carbocycles. The number of carboxylic acid groups (broad SMARTS) is 1. The number of hydrogen-bond acceptors (Lipinski definition) is 2. The van der Waals surface area contributed by atoms with Crippen molar-refractivity contribution in [2.24, 2.45) is 5.92 Å². The van der Waals surface area contributed by atoms with Crippen LogP contribution in [0.1, 0.15) is 24.4 Å². The molecule has 0 aliphatic carbocycles. The van der Waals surface area contributed by atoms with Crippen LogP contribution in [0, 0.1) is 5.92 Å². The summed E-state index contributed by atoms with van der Waals surface area (Å²) < 4.78 is 0. The van der Waals surface area contributed by atoms with Gasteiger partial charge in [-0.25, -0.2) is 0 Å². The van der Waals surface area contributed by atoms with Crippen molar-refractivity contribution < 1.29 is 9.90 Å². The Balaban J connectivity index is 1.99. The Morgan fingerprint density at radius 2 is 1.67 bits per heavy atom. The maximum absolute atomic E-state index is 11.4. The summed E-state index contributed by atoms with van der Waals surface area (Å²) in [7, 11) is 0. The minimum absolute atomic E-state index is 0.00606.